The number of carbonyl (C=O) groups is 2. The van der Waals surface area contributed by atoms with E-state index in [2.05, 4.69) is 154 Å². The molecule has 1 atom stereocenters. The van der Waals surface area contributed by atoms with Gasteiger partial charge in [0.2, 0.25) is 0 Å². The summed E-state index contributed by atoms with van der Waals surface area (Å²) in [7, 11) is 0. The second-order valence-electron chi connectivity index (χ2n) is 18.4. The van der Waals surface area contributed by atoms with Crippen LogP contribution in [0, 0.1) is 0 Å². The summed E-state index contributed by atoms with van der Waals surface area (Å²) in [5.74, 6) is -0.483. The first kappa shape index (κ1) is 66.0. The summed E-state index contributed by atoms with van der Waals surface area (Å²) in [5, 5.41) is 0. The predicted octanol–water partition coefficient (Wildman–Crippen LogP) is 19.9. The molecular formula is C65H106O5. The zero-order chi connectivity index (χ0) is 50.6. The zero-order valence-corrected chi connectivity index (χ0v) is 45.5. The summed E-state index contributed by atoms with van der Waals surface area (Å²) in [4.78, 5) is 25.5. The topological polar surface area (TPSA) is 61.8 Å². The Labute approximate surface area is 432 Å². The molecule has 0 aromatic rings. The largest absolute Gasteiger partial charge is 0.462 e. The van der Waals surface area contributed by atoms with Crippen molar-refractivity contribution < 1.29 is 23.8 Å². The van der Waals surface area contributed by atoms with Crippen LogP contribution in [-0.4, -0.2) is 37.9 Å². The third kappa shape index (κ3) is 56.6. The van der Waals surface area contributed by atoms with Crippen molar-refractivity contribution >= 4 is 11.9 Å². The maximum absolute atomic E-state index is 12.9. The van der Waals surface area contributed by atoms with E-state index in [1.165, 1.54) is 89.9 Å². The predicted molar refractivity (Wildman–Crippen MR) is 306 cm³/mol. The van der Waals surface area contributed by atoms with Crippen LogP contribution in [0.2, 0.25) is 0 Å². The van der Waals surface area contributed by atoms with Gasteiger partial charge in [-0.3, -0.25) is 9.59 Å². The average molecular weight is 968 g/mol. The molecule has 0 amide bonds. The van der Waals surface area contributed by atoms with E-state index in [-0.39, 0.29) is 25.2 Å². The number of allylic oxidation sites excluding steroid dienone is 21. The van der Waals surface area contributed by atoms with Crippen LogP contribution < -0.4 is 0 Å². The molecule has 0 rings (SSSR count). The van der Waals surface area contributed by atoms with Gasteiger partial charge in [-0.25, -0.2) is 0 Å². The van der Waals surface area contributed by atoms with Crippen molar-refractivity contribution in [3.8, 4) is 0 Å². The van der Waals surface area contributed by atoms with Crippen LogP contribution in [-0.2, 0) is 23.8 Å². The van der Waals surface area contributed by atoms with Gasteiger partial charge in [-0.2, -0.15) is 0 Å². The second-order valence-corrected chi connectivity index (χ2v) is 18.4. The lowest BCUT2D eigenvalue weighted by molar-refractivity contribution is -0.162. The molecule has 5 heteroatoms. The fourth-order valence-electron chi connectivity index (χ4n) is 7.48. The van der Waals surface area contributed by atoms with E-state index in [4.69, 9.17) is 14.2 Å². The number of hydrogen-bond acceptors (Lipinski definition) is 5. The Morgan fingerprint density at radius 1 is 0.329 bits per heavy atom. The van der Waals surface area contributed by atoms with E-state index in [1.54, 1.807) is 0 Å². The maximum atomic E-state index is 12.9. The third-order valence-electron chi connectivity index (χ3n) is 11.7. The van der Waals surface area contributed by atoms with Gasteiger partial charge < -0.3 is 14.2 Å². The van der Waals surface area contributed by atoms with Crippen LogP contribution in [0.4, 0.5) is 0 Å². The normalized spacial score (nSPS) is 13.2. The summed E-state index contributed by atoms with van der Waals surface area (Å²) in [6.07, 6.45) is 84.9. The number of unbranched alkanes of at least 4 members (excludes halogenated alkanes) is 18. The number of esters is 2. The summed E-state index contributed by atoms with van der Waals surface area (Å²) in [6, 6.07) is 0. The van der Waals surface area contributed by atoms with Gasteiger partial charge in [-0.1, -0.05) is 238 Å². The van der Waals surface area contributed by atoms with Crippen LogP contribution >= 0.6 is 0 Å². The summed E-state index contributed by atoms with van der Waals surface area (Å²) in [6.45, 7) is 7.35. The van der Waals surface area contributed by atoms with Crippen LogP contribution in [0.1, 0.15) is 239 Å². The van der Waals surface area contributed by atoms with Crippen molar-refractivity contribution in [1.82, 2.24) is 0 Å². The van der Waals surface area contributed by atoms with Gasteiger partial charge in [0.05, 0.1) is 13.2 Å². The molecule has 5 nitrogen and oxygen atoms in total. The smallest absolute Gasteiger partial charge is 0.306 e. The van der Waals surface area contributed by atoms with E-state index in [9.17, 15) is 9.59 Å². The summed E-state index contributed by atoms with van der Waals surface area (Å²) >= 11 is 0. The van der Waals surface area contributed by atoms with Gasteiger partial charge in [0.25, 0.3) is 0 Å². The fraction of sp³-hybridized carbons (Fsp3) is 0.631. The molecular weight excluding hydrogens is 861 g/mol. The van der Waals surface area contributed by atoms with E-state index < -0.39 is 6.10 Å². The molecule has 70 heavy (non-hydrogen) atoms. The first-order valence-electron chi connectivity index (χ1n) is 28.7. The third-order valence-corrected chi connectivity index (χ3v) is 11.7. The maximum Gasteiger partial charge on any atom is 0.306 e. The van der Waals surface area contributed by atoms with Crippen LogP contribution in [0.5, 0.6) is 0 Å². The van der Waals surface area contributed by atoms with Crippen molar-refractivity contribution in [1.29, 1.82) is 0 Å². The van der Waals surface area contributed by atoms with Crippen molar-refractivity contribution in [2.24, 2.45) is 0 Å². The van der Waals surface area contributed by atoms with Crippen molar-refractivity contribution in [2.45, 2.75) is 245 Å². The Morgan fingerprint density at radius 3 is 1.06 bits per heavy atom. The lowest BCUT2D eigenvalue weighted by atomic mass is 10.1. The molecule has 0 fully saturated rings. The highest BCUT2D eigenvalue weighted by Gasteiger charge is 2.17. The van der Waals surface area contributed by atoms with Gasteiger partial charge in [-0.15, -0.1) is 0 Å². The van der Waals surface area contributed by atoms with Gasteiger partial charge in [-0.05, 0) is 122 Å². The highest BCUT2D eigenvalue weighted by atomic mass is 16.6. The molecule has 0 radical (unpaired) electrons. The first-order chi connectivity index (χ1) is 34.6. The van der Waals surface area contributed by atoms with Gasteiger partial charge in [0, 0.05) is 12.8 Å². The van der Waals surface area contributed by atoms with Crippen LogP contribution in [0.25, 0.3) is 0 Å². The lowest BCUT2D eigenvalue weighted by Crippen LogP contribution is -2.30. The van der Waals surface area contributed by atoms with Gasteiger partial charge in [0.15, 0.2) is 6.10 Å². The Bertz CT molecular complexity index is 1470. The zero-order valence-electron chi connectivity index (χ0n) is 45.5. The van der Waals surface area contributed by atoms with Crippen LogP contribution in [0.3, 0.4) is 0 Å². The number of hydrogen-bond donors (Lipinski definition) is 0. The van der Waals surface area contributed by atoms with E-state index in [0.29, 0.717) is 19.4 Å². The molecule has 0 aliphatic rings. The molecule has 396 valence electrons. The minimum Gasteiger partial charge on any atom is -0.462 e. The Balaban J connectivity index is 4.45. The molecule has 0 N–H and O–H groups in total. The fourth-order valence-corrected chi connectivity index (χ4v) is 7.48. The second kappa shape index (κ2) is 59.3. The minimum absolute atomic E-state index is 0.0295. The van der Waals surface area contributed by atoms with E-state index >= 15 is 0 Å². The quantitative estimate of drug-likeness (QED) is 0.0345. The molecule has 1 unspecified atom stereocenters. The monoisotopic (exact) mass is 967 g/mol. The molecule has 0 aliphatic heterocycles. The number of ether oxygens (including phenoxy) is 3. The summed E-state index contributed by atoms with van der Waals surface area (Å²) in [5.41, 5.74) is 0. The van der Waals surface area contributed by atoms with Crippen LogP contribution in [0.15, 0.2) is 134 Å². The molecule has 0 spiro atoms. The van der Waals surface area contributed by atoms with E-state index in [1.807, 2.05) is 0 Å². The Kier molecular flexibility index (Phi) is 56.0. The highest BCUT2D eigenvalue weighted by molar-refractivity contribution is 5.70. The molecule has 0 aromatic heterocycles. The molecule has 0 aromatic carbocycles. The standard InChI is InChI=1S/C65H106O5/c1-4-7-10-13-16-19-22-25-28-31-33-35-37-40-43-46-49-52-55-58-64(66)69-62-63(61-68-60-57-54-51-48-45-42-39-30-27-24-21-18-15-12-9-6-3)70-65(67)59-56-53-50-47-44-41-38-36-34-32-29-26-23-20-17-14-11-8-5-2/h7,9-10,12,16,18-19,21,25-30,33,35,40,42-43,45,51,54,63H,4-6,8,11,13-15,17,20,22-24,31-32,34,36-39,41,44,46-50,52-53,55-62H2,1-3H3/b10-7-,12-9-,19-16-,21-18-,28-25-,29-26-,30-27-,35-33-,43-40-,45-42-,54-51-. The highest BCUT2D eigenvalue weighted by Crippen LogP contribution is 2.14. The van der Waals surface area contributed by atoms with Gasteiger partial charge >= 0.3 is 11.9 Å². The van der Waals surface area contributed by atoms with Crippen molar-refractivity contribution in [3.63, 3.8) is 0 Å². The molecule has 0 bridgehead atoms. The van der Waals surface area contributed by atoms with Crippen molar-refractivity contribution in [3.05, 3.63) is 134 Å². The molecule has 0 saturated carbocycles. The molecule has 0 aliphatic carbocycles. The average Bonchev–Trinajstić information content (AvgIpc) is 3.36. The number of carbonyl (C=O) groups excluding carboxylic acids is 2. The Morgan fingerprint density at radius 2 is 0.643 bits per heavy atom. The lowest BCUT2D eigenvalue weighted by Gasteiger charge is -2.18. The molecule has 0 saturated heterocycles. The first-order valence-corrected chi connectivity index (χ1v) is 28.7. The molecule has 0 heterocycles. The van der Waals surface area contributed by atoms with Crippen molar-refractivity contribution in [2.75, 3.05) is 19.8 Å². The van der Waals surface area contributed by atoms with E-state index in [0.717, 1.165) is 116 Å². The summed E-state index contributed by atoms with van der Waals surface area (Å²) < 4.78 is 17.3. The minimum atomic E-state index is -0.601. The Hall–Kier alpha value is -3.96. The van der Waals surface area contributed by atoms with Gasteiger partial charge in [0.1, 0.15) is 6.61 Å². The SMILES string of the molecule is CC/C=C\C/C=C\C/C=C\C/C=C\C/C=C\CCCCCC(=O)OCC(COCC/C=C\C/C=C\C/C=C\C/C=C\C/C=C\CC)OC(=O)CCCCCCCCCCC/C=C\CCCCCCCC. The number of rotatable bonds is 51.